The van der Waals surface area contributed by atoms with E-state index in [-0.39, 0.29) is 23.8 Å². The molecule has 0 bridgehead atoms. The first-order valence-electron chi connectivity index (χ1n) is 12.5. The summed E-state index contributed by atoms with van der Waals surface area (Å²) < 4.78 is 14.4. The average molecular weight is 505 g/mol. The second-order valence-electron chi connectivity index (χ2n) is 9.89. The summed E-state index contributed by atoms with van der Waals surface area (Å²) in [6, 6.07) is 8.10. The molecule has 2 unspecified atom stereocenters. The maximum absolute atomic E-state index is 13.1. The topological polar surface area (TPSA) is 60.4 Å². The summed E-state index contributed by atoms with van der Waals surface area (Å²) in [6.07, 6.45) is 20.2. The van der Waals surface area contributed by atoms with E-state index in [9.17, 15) is 9.59 Å². The van der Waals surface area contributed by atoms with Gasteiger partial charge in [0.25, 0.3) is 0 Å². The molecule has 0 saturated heterocycles. The molecule has 2 aromatic heterocycles. The maximum Gasteiger partial charge on any atom is 0.338 e. The zero-order chi connectivity index (χ0) is 26.6. The SMILES string of the molecule is COC(=O)C1=CC(c2ccc[n+](C)c2)=C2C=CC3=C(c4ccc[n+](C)c4)C=C(C(=O)OC)C4=CC=C1C2C43. The Hall–Kier alpha value is -4.58. The second kappa shape index (κ2) is 9.06. The van der Waals surface area contributed by atoms with Gasteiger partial charge in [-0.2, -0.15) is 0 Å². The van der Waals surface area contributed by atoms with E-state index in [1.165, 1.54) is 14.2 Å². The number of pyridine rings is 2. The summed E-state index contributed by atoms with van der Waals surface area (Å²) in [5.74, 6) is -1.06. The normalized spacial score (nSPS) is 21.2. The number of ether oxygens (including phenoxy) is 2. The van der Waals surface area contributed by atoms with Gasteiger partial charge in [-0.05, 0) is 57.7 Å². The third kappa shape index (κ3) is 3.64. The van der Waals surface area contributed by atoms with Crippen LogP contribution in [0.1, 0.15) is 11.1 Å². The minimum atomic E-state index is -0.375. The van der Waals surface area contributed by atoms with Crippen molar-refractivity contribution in [2.45, 2.75) is 0 Å². The van der Waals surface area contributed by atoms with Gasteiger partial charge in [-0.3, -0.25) is 0 Å². The van der Waals surface area contributed by atoms with Crippen molar-refractivity contribution in [1.29, 1.82) is 0 Å². The number of hydrogen-bond donors (Lipinski definition) is 0. The van der Waals surface area contributed by atoms with Gasteiger partial charge in [0.2, 0.25) is 0 Å². The highest BCUT2D eigenvalue weighted by molar-refractivity contribution is 6.04. The number of allylic oxidation sites excluding steroid dienone is 10. The molecule has 4 aliphatic rings. The molecule has 0 N–H and O–H groups in total. The van der Waals surface area contributed by atoms with E-state index in [0.717, 1.165) is 44.6 Å². The lowest BCUT2D eigenvalue weighted by Gasteiger charge is -2.43. The molecule has 0 radical (unpaired) electrons. The second-order valence-corrected chi connectivity index (χ2v) is 9.89. The molecule has 0 aliphatic heterocycles. The van der Waals surface area contributed by atoms with Crippen molar-refractivity contribution in [1.82, 2.24) is 0 Å². The maximum atomic E-state index is 13.1. The molecule has 2 aromatic rings. The summed E-state index contributed by atoms with van der Waals surface area (Å²) in [6.45, 7) is 0. The Morgan fingerprint density at radius 2 is 1.13 bits per heavy atom. The number of carbonyl (C=O) groups excluding carboxylic acids is 2. The Kier molecular flexibility index (Phi) is 5.68. The van der Waals surface area contributed by atoms with Crippen molar-refractivity contribution < 1.29 is 28.2 Å². The van der Waals surface area contributed by atoms with E-state index in [1.807, 2.05) is 72.1 Å². The minimum absolute atomic E-state index is 0.157. The zero-order valence-corrected chi connectivity index (χ0v) is 21.8. The van der Waals surface area contributed by atoms with E-state index in [2.05, 4.69) is 36.7 Å². The zero-order valence-electron chi connectivity index (χ0n) is 21.8. The van der Waals surface area contributed by atoms with Crippen LogP contribution < -0.4 is 9.13 Å². The summed E-state index contributed by atoms with van der Waals surface area (Å²) >= 11 is 0. The third-order valence-electron chi connectivity index (χ3n) is 7.69. The molecule has 188 valence electrons. The summed E-state index contributed by atoms with van der Waals surface area (Å²) in [4.78, 5) is 26.2. The smallest absolute Gasteiger partial charge is 0.338 e. The van der Waals surface area contributed by atoms with Crippen LogP contribution >= 0.6 is 0 Å². The Morgan fingerprint density at radius 3 is 1.50 bits per heavy atom. The Balaban J connectivity index is 1.67. The van der Waals surface area contributed by atoms with E-state index < -0.39 is 0 Å². The lowest BCUT2D eigenvalue weighted by Crippen LogP contribution is -2.35. The molecule has 0 amide bonds. The monoisotopic (exact) mass is 504 g/mol. The van der Waals surface area contributed by atoms with Crippen molar-refractivity contribution in [3.8, 4) is 0 Å². The summed E-state index contributed by atoms with van der Waals surface area (Å²) in [5, 5.41) is 0. The number of nitrogens with zero attached hydrogens (tertiary/aromatic N) is 2. The van der Waals surface area contributed by atoms with Gasteiger partial charge >= 0.3 is 11.9 Å². The average Bonchev–Trinajstić information content (AvgIpc) is 2.94. The van der Waals surface area contributed by atoms with E-state index >= 15 is 0 Å². The van der Waals surface area contributed by atoms with E-state index in [1.54, 1.807) is 0 Å². The molecule has 0 saturated carbocycles. The predicted molar refractivity (Wildman–Crippen MR) is 142 cm³/mol. The van der Waals surface area contributed by atoms with Gasteiger partial charge < -0.3 is 9.47 Å². The van der Waals surface area contributed by atoms with Crippen LogP contribution in [0.25, 0.3) is 11.1 Å². The standard InChI is InChI=1S/C32H28N2O4/c1-33-13-5-7-19(17-33)25-15-27(31(35)37-3)23-11-12-24-28(32(36)38-4)16-26(20-8-6-14-34(2)18-20)22-10-9-21(25)29(23)30(22)24/h5-18,29-30H,1-4H3/q+2. The fourth-order valence-electron chi connectivity index (χ4n) is 6.05. The lowest BCUT2D eigenvalue weighted by molar-refractivity contribution is -0.671. The predicted octanol–water partition coefficient (Wildman–Crippen LogP) is 3.44. The van der Waals surface area contributed by atoms with Crippen molar-refractivity contribution in [3.05, 3.63) is 130 Å². The van der Waals surface area contributed by atoms with Gasteiger partial charge in [-0.1, -0.05) is 24.3 Å². The first-order chi connectivity index (χ1) is 18.4. The van der Waals surface area contributed by atoms with Crippen LogP contribution in [0, 0.1) is 11.8 Å². The highest BCUT2D eigenvalue weighted by Gasteiger charge is 2.46. The molecule has 6 nitrogen and oxygen atoms in total. The van der Waals surface area contributed by atoms with E-state index in [4.69, 9.17) is 9.47 Å². The van der Waals surface area contributed by atoms with Crippen LogP contribution in [0.3, 0.4) is 0 Å². The first-order valence-corrected chi connectivity index (χ1v) is 12.5. The van der Waals surface area contributed by atoms with Gasteiger partial charge in [0.1, 0.15) is 14.1 Å². The molecule has 6 heteroatoms. The largest absolute Gasteiger partial charge is 0.465 e. The molecule has 2 heterocycles. The molecule has 0 fully saturated rings. The van der Waals surface area contributed by atoms with Gasteiger partial charge in [0.15, 0.2) is 24.8 Å². The van der Waals surface area contributed by atoms with Crippen LogP contribution in [0.2, 0.25) is 0 Å². The number of carbonyl (C=O) groups is 2. The third-order valence-corrected chi connectivity index (χ3v) is 7.69. The molecule has 0 aromatic carbocycles. The van der Waals surface area contributed by atoms with Crippen molar-refractivity contribution in [2.24, 2.45) is 25.9 Å². The number of methoxy groups -OCH3 is 2. The van der Waals surface area contributed by atoms with Crippen LogP contribution in [-0.2, 0) is 33.2 Å². The number of esters is 2. The van der Waals surface area contributed by atoms with Gasteiger partial charge in [0, 0.05) is 35.1 Å². The molecule has 0 spiro atoms. The van der Waals surface area contributed by atoms with Crippen molar-refractivity contribution >= 4 is 23.1 Å². The molecular weight excluding hydrogens is 476 g/mol. The quantitative estimate of drug-likeness (QED) is 0.473. The highest BCUT2D eigenvalue weighted by Crippen LogP contribution is 2.56. The van der Waals surface area contributed by atoms with Crippen LogP contribution in [0.5, 0.6) is 0 Å². The molecule has 6 rings (SSSR count). The fraction of sp³-hybridized carbons (Fsp3) is 0.188. The van der Waals surface area contributed by atoms with E-state index in [0.29, 0.717) is 11.1 Å². The van der Waals surface area contributed by atoms with Crippen LogP contribution in [-0.4, -0.2) is 26.2 Å². The van der Waals surface area contributed by atoms with Crippen LogP contribution in [0.4, 0.5) is 0 Å². The van der Waals surface area contributed by atoms with Gasteiger partial charge in [0.05, 0.1) is 25.4 Å². The molecular formula is C32H28N2O4+2. The Bertz CT molecular complexity index is 1520. The summed E-state index contributed by atoms with van der Waals surface area (Å²) in [7, 11) is 6.78. The number of hydrogen-bond acceptors (Lipinski definition) is 4. The number of rotatable bonds is 4. The fourth-order valence-corrected chi connectivity index (χ4v) is 6.05. The molecule has 38 heavy (non-hydrogen) atoms. The summed E-state index contributed by atoms with van der Waals surface area (Å²) in [5.41, 5.74) is 9.05. The molecule has 4 aliphatic carbocycles. The number of aryl methyl sites for hydroxylation is 2. The number of aromatic nitrogens is 2. The van der Waals surface area contributed by atoms with Crippen LogP contribution in [0.15, 0.2) is 119 Å². The molecule has 2 atom stereocenters. The van der Waals surface area contributed by atoms with Crippen molar-refractivity contribution in [3.63, 3.8) is 0 Å². The highest BCUT2D eigenvalue weighted by atomic mass is 16.5. The lowest BCUT2D eigenvalue weighted by atomic mass is 9.59. The van der Waals surface area contributed by atoms with Gasteiger partial charge in [-0.15, -0.1) is 0 Å². The first kappa shape index (κ1) is 23.8. The Labute approximate surface area is 221 Å². The minimum Gasteiger partial charge on any atom is -0.465 e. The van der Waals surface area contributed by atoms with Gasteiger partial charge in [-0.25, -0.2) is 18.7 Å². The van der Waals surface area contributed by atoms with Crippen molar-refractivity contribution in [2.75, 3.05) is 14.2 Å². The Morgan fingerprint density at radius 1 is 0.711 bits per heavy atom.